The van der Waals surface area contributed by atoms with Gasteiger partial charge in [-0.15, -0.1) is 0 Å². The topological polar surface area (TPSA) is 56.5 Å². The fraction of sp³-hybridized carbons (Fsp3) is 0.0357. The number of para-hydroxylation sites is 1. The zero-order valence-corrected chi connectivity index (χ0v) is 19.9. The highest BCUT2D eigenvalue weighted by atomic mass is 35.5. The second-order valence-electron chi connectivity index (χ2n) is 7.77. The van der Waals surface area contributed by atoms with E-state index in [-0.39, 0.29) is 5.56 Å². The van der Waals surface area contributed by atoms with Crippen LogP contribution in [-0.2, 0) is 6.61 Å². The highest BCUT2D eigenvalue weighted by Gasteiger charge is 2.13. The lowest BCUT2D eigenvalue weighted by Crippen LogP contribution is -2.20. The summed E-state index contributed by atoms with van der Waals surface area (Å²) in [6.45, 7) is 0.340. The van der Waals surface area contributed by atoms with Crippen LogP contribution in [0.3, 0.4) is 0 Å². The largest absolute Gasteiger partial charge is 0.486 e. The zero-order chi connectivity index (χ0) is 24.2. The van der Waals surface area contributed by atoms with Gasteiger partial charge in [0.2, 0.25) is 0 Å². The third-order valence-electron chi connectivity index (χ3n) is 5.35. The van der Waals surface area contributed by atoms with Gasteiger partial charge in [0.15, 0.2) is 11.6 Å². The fourth-order valence-corrected chi connectivity index (χ4v) is 4.26. The molecule has 0 bridgehead atoms. The van der Waals surface area contributed by atoms with Crippen LogP contribution in [0.1, 0.15) is 11.1 Å². The number of halogens is 2. The van der Waals surface area contributed by atoms with Gasteiger partial charge in [-0.2, -0.15) is 9.78 Å². The molecule has 5 rings (SSSR count). The molecule has 0 spiro atoms. The number of ether oxygens (including phenoxy) is 1. The van der Waals surface area contributed by atoms with E-state index >= 15 is 0 Å². The summed E-state index contributed by atoms with van der Waals surface area (Å²) in [7, 11) is 0. The van der Waals surface area contributed by atoms with Gasteiger partial charge in [-0.3, -0.25) is 4.79 Å². The van der Waals surface area contributed by atoms with Crippen molar-refractivity contribution in [2.24, 2.45) is 5.10 Å². The van der Waals surface area contributed by atoms with E-state index in [4.69, 9.17) is 32.9 Å². The minimum Gasteiger partial charge on any atom is -0.486 e. The van der Waals surface area contributed by atoms with Crippen LogP contribution in [0.2, 0.25) is 10.0 Å². The van der Waals surface area contributed by atoms with Gasteiger partial charge in [-0.05, 0) is 35.4 Å². The number of hydrogen-bond acceptors (Lipinski definition) is 4. The van der Waals surface area contributed by atoms with Crippen LogP contribution in [0.15, 0.2) is 107 Å². The van der Waals surface area contributed by atoms with Crippen LogP contribution in [0, 0.1) is 0 Å². The standard InChI is InChI=1S/C28H19Cl2N3O2/c29-23-15-20(16-24(30)26(23)35-18-19-9-3-1-4-10-19)17-31-33-27(21-11-5-2-6-12-21)32-25-14-8-7-13-22(25)28(33)34/h1-17H,18H2. The zero-order valence-electron chi connectivity index (χ0n) is 18.4. The lowest BCUT2D eigenvalue weighted by atomic mass is 10.2. The minimum absolute atomic E-state index is 0.272. The molecule has 35 heavy (non-hydrogen) atoms. The van der Waals surface area contributed by atoms with E-state index in [1.165, 1.54) is 10.9 Å². The van der Waals surface area contributed by atoms with E-state index in [0.717, 1.165) is 11.1 Å². The van der Waals surface area contributed by atoms with E-state index in [2.05, 4.69) is 5.10 Å². The van der Waals surface area contributed by atoms with Crippen LogP contribution < -0.4 is 10.3 Å². The van der Waals surface area contributed by atoms with Crippen LogP contribution >= 0.6 is 23.2 Å². The van der Waals surface area contributed by atoms with Gasteiger partial charge < -0.3 is 4.74 Å². The quantitative estimate of drug-likeness (QED) is 0.240. The molecular weight excluding hydrogens is 481 g/mol. The molecule has 0 atom stereocenters. The summed E-state index contributed by atoms with van der Waals surface area (Å²) in [6.07, 6.45) is 1.53. The van der Waals surface area contributed by atoms with Crippen molar-refractivity contribution in [1.82, 2.24) is 9.66 Å². The molecule has 5 aromatic rings. The highest BCUT2D eigenvalue weighted by molar-refractivity contribution is 6.37. The molecule has 4 aromatic carbocycles. The first-order valence-corrected chi connectivity index (χ1v) is 11.6. The van der Waals surface area contributed by atoms with Gasteiger partial charge in [0.1, 0.15) is 6.61 Å². The lowest BCUT2D eigenvalue weighted by Gasteiger charge is -2.11. The summed E-state index contributed by atoms with van der Waals surface area (Å²) in [4.78, 5) is 18.0. The summed E-state index contributed by atoms with van der Waals surface area (Å²) in [5.74, 6) is 0.828. The van der Waals surface area contributed by atoms with Gasteiger partial charge in [0.05, 0.1) is 27.2 Å². The van der Waals surface area contributed by atoms with E-state index in [0.29, 0.717) is 44.7 Å². The third kappa shape index (κ3) is 4.97. The second-order valence-corrected chi connectivity index (χ2v) is 8.58. The smallest absolute Gasteiger partial charge is 0.282 e. The molecule has 0 amide bonds. The molecule has 0 saturated carbocycles. The summed E-state index contributed by atoms with van der Waals surface area (Å²) in [5.41, 5.74) is 2.72. The van der Waals surface area contributed by atoms with Gasteiger partial charge in [-0.25, -0.2) is 4.98 Å². The van der Waals surface area contributed by atoms with Crippen LogP contribution in [-0.4, -0.2) is 15.9 Å². The van der Waals surface area contributed by atoms with Crippen molar-refractivity contribution >= 4 is 40.3 Å². The number of fused-ring (bicyclic) bond motifs is 1. The normalized spacial score (nSPS) is 11.3. The van der Waals surface area contributed by atoms with Crippen LogP contribution in [0.4, 0.5) is 0 Å². The first kappa shape index (κ1) is 22.8. The van der Waals surface area contributed by atoms with Crippen molar-refractivity contribution in [1.29, 1.82) is 0 Å². The predicted octanol–water partition coefficient (Wildman–Crippen LogP) is 6.83. The summed E-state index contributed by atoms with van der Waals surface area (Å²) in [5, 5.41) is 5.64. The number of nitrogens with zero attached hydrogens (tertiary/aromatic N) is 3. The maximum Gasteiger partial charge on any atom is 0.282 e. The summed E-state index contributed by atoms with van der Waals surface area (Å²) < 4.78 is 7.13. The Hall–Kier alpha value is -3.93. The van der Waals surface area contributed by atoms with Crippen molar-refractivity contribution in [2.75, 3.05) is 0 Å². The number of aromatic nitrogens is 2. The molecule has 1 aromatic heterocycles. The maximum atomic E-state index is 13.3. The Labute approximate surface area is 211 Å². The molecule has 5 nitrogen and oxygen atoms in total. The highest BCUT2D eigenvalue weighted by Crippen LogP contribution is 2.34. The van der Waals surface area contributed by atoms with Gasteiger partial charge in [0.25, 0.3) is 5.56 Å². The van der Waals surface area contributed by atoms with Gasteiger partial charge >= 0.3 is 0 Å². The molecule has 172 valence electrons. The Morgan fingerprint density at radius 2 is 1.49 bits per heavy atom. The molecule has 0 fully saturated rings. The van der Waals surface area contributed by atoms with Crippen molar-refractivity contribution in [3.63, 3.8) is 0 Å². The number of rotatable bonds is 6. The molecular formula is C28H19Cl2N3O2. The fourth-order valence-electron chi connectivity index (χ4n) is 3.65. The molecule has 0 aliphatic heterocycles. The molecule has 0 aliphatic carbocycles. The first-order chi connectivity index (χ1) is 17.1. The van der Waals surface area contributed by atoms with E-state index in [1.54, 1.807) is 24.3 Å². The van der Waals surface area contributed by atoms with Crippen molar-refractivity contribution in [3.8, 4) is 17.1 Å². The van der Waals surface area contributed by atoms with E-state index < -0.39 is 0 Å². The van der Waals surface area contributed by atoms with Crippen LogP contribution in [0.5, 0.6) is 5.75 Å². The first-order valence-electron chi connectivity index (χ1n) is 10.9. The van der Waals surface area contributed by atoms with Gasteiger partial charge in [-0.1, -0.05) is 96.0 Å². The minimum atomic E-state index is -0.272. The SMILES string of the molecule is O=c1c2ccccc2nc(-c2ccccc2)n1N=Cc1cc(Cl)c(OCc2ccccc2)c(Cl)c1. The van der Waals surface area contributed by atoms with E-state index in [9.17, 15) is 4.79 Å². The number of hydrogen-bond donors (Lipinski definition) is 0. The van der Waals surface area contributed by atoms with Crippen molar-refractivity contribution in [3.05, 3.63) is 129 Å². The van der Waals surface area contributed by atoms with Crippen LogP contribution in [0.25, 0.3) is 22.3 Å². The molecule has 0 saturated heterocycles. The Kier molecular flexibility index (Phi) is 6.62. The van der Waals surface area contributed by atoms with Gasteiger partial charge in [0, 0.05) is 5.56 Å². The lowest BCUT2D eigenvalue weighted by molar-refractivity contribution is 0.306. The third-order valence-corrected chi connectivity index (χ3v) is 5.92. The average molecular weight is 500 g/mol. The van der Waals surface area contributed by atoms with E-state index in [1.807, 2.05) is 72.8 Å². The Balaban J connectivity index is 1.51. The summed E-state index contributed by atoms with van der Waals surface area (Å²) in [6, 6.07) is 29.8. The molecule has 0 unspecified atom stereocenters. The number of benzene rings is 4. The Morgan fingerprint density at radius 3 is 2.20 bits per heavy atom. The molecule has 0 N–H and O–H groups in total. The van der Waals surface area contributed by atoms with Crippen molar-refractivity contribution < 1.29 is 4.74 Å². The monoisotopic (exact) mass is 499 g/mol. The molecule has 0 aliphatic rings. The Bertz CT molecular complexity index is 1560. The second kappa shape index (κ2) is 10.1. The predicted molar refractivity (Wildman–Crippen MR) is 142 cm³/mol. The average Bonchev–Trinajstić information content (AvgIpc) is 2.89. The summed E-state index contributed by atoms with van der Waals surface area (Å²) >= 11 is 12.9. The molecule has 0 radical (unpaired) electrons. The Morgan fingerprint density at radius 1 is 0.857 bits per heavy atom. The van der Waals surface area contributed by atoms with Crippen molar-refractivity contribution in [2.45, 2.75) is 6.61 Å². The maximum absolute atomic E-state index is 13.3. The molecule has 7 heteroatoms. The molecule has 1 heterocycles.